The second-order valence-electron chi connectivity index (χ2n) is 8.87. The molecule has 33 heavy (non-hydrogen) atoms. The van der Waals surface area contributed by atoms with Crippen LogP contribution in [-0.4, -0.2) is 38.4 Å². The molecule has 1 heterocycles. The lowest BCUT2D eigenvalue weighted by Gasteiger charge is -2.29. The van der Waals surface area contributed by atoms with Crippen molar-refractivity contribution in [3.63, 3.8) is 0 Å². The molecule has 0 amide bonds. The maximum absolute atomic E-state index is 13.2. The van der Waals surface area contributed by atoms with E-state index < -0.39 is 30.0 Å². The fourth-order valence-electron chi connectivity index (χ4n) is 4.02. The SMILES string of the molecule is CCOC(=O)[C@@H]1[C@H](C(=O)OCC)ON(c2ccccc2)[C@H]1c1cc(C(C)(C)C)ccc1OC. The number of nitrogens with zero attached hydrogens (tertiary/aromatic N) is 1. The van der Waals surface area contributed by atoms with Gasteiger partial charge in [0.25, 0.3) is 0 Å². The van der Waals surface area contributed by atoms with Gasteiger partial charge in [0.2, 0.25) is 0 Å². The highest BCUT2D eigenvalue weighted by molar-refractivity contribution is 5.86. The second-order valence-corrected chi connectivity index (χ2v) is 8.87. The van der Waals surface area contributed by atoms with Crippen LogP contribution in [0.3, 0.4) is 0 Å². The van der Waals surface area contributed by atoms with Gasteiger partial charge in [-0.2, -0.15) is 0 Å². The van der Waals surface area contributed by atoms with Gasteiger partial charge < -0.3 is 14.2 Å². The van der Waals surface area contributed by atoms with Crippen LogP contribution in [0, 0.1) is 5.92 Å². The van der Waals surface area contributed by atoms with Crippen molar-refractivity contribution in [2.45, 2.75) is 52.2 Å². The van der Waals surface area contributed by atoms with E-state index in [1.165, 1.54) is 0 Å². The molecule has 3 rings (SSSR count). The van der Waals surface area contributed by atoms with Gasteiger partial charge in [0, 0.05) is 5.56 Å². The Bertz CT molecular complexity index is 968. The Morgan fingerprint density at radius 1 is 0.970 bits per heavy atom. The van der Waals surface area contributed by atoms with Crippen LogP contribution in [0.15, 0.2) is 48.5 Å². The van der Waals surface area contributed by atoms with Gasteiger partial charge in [0.15, 0.2) is 6.10 Å². The molecule has 0 aliphatic carbocycles. The molecule has 0 N–H and O–H groups in total. The molecule has 2 aromatic carbocycles. The number of ether oxygens (including phenoxy) is 3. The predicted molar refractivity (Wildman–Crippen MR) is 125 cm³/mol. The van der Waals surface area contributed by atoms with Crippen LogP contribution in [0.5, 0.6) is 5.75 Å². The van der Waals surface area contributed by atoms with E-state index in [2.05, 4.69) is 20.8 Å². The Balaban J connectivity index is 2.23. The number of carbonyl (C=O) groups is 2. The van der Waals surface area contributed by atoms with Gasteiger partial charge >= 0.3 is 11.9 Å². The fraction of sp³-hybridized carbons (Fsp3) is 0.462. The number of hydrogen-bond donors (Lipinski definition) is 0. The lowest BCUT2D eigenvalue weighted by molar-refractivity contribution is -0.164. The fourth-order valence-corrected chi connectivity index (χ4v) is 4.02. The molecule has 0 spiro atoms. The summed E-state index contributed by atoms with van der Waals surface area (Å²) in [6, 6.07) is 14.6. The Hall–Kier alpha value is -3.06. The molecule has 7 heteroatoms. The third-order valence-corrected chi connectivity index (χ3v) is 5.65. The number of hydrogen-bond acceptors (Lipinski definition) is 7. The van der Waals surface area contributed by atoms with E-state index in [-0.39, 0.29) is 18.6 Å². The molecule has 0 unspecified atom stereocenters. The zero-order valence-electron chi connectivity index (χ0n) is 20.2. The lowest BCUT2D eigenvalue weighted by atomic mass is 9.82. The first-order valence-corrected chi connectivity index (χ1v) is 11.3. The highest BCUT2D eigenvalue weighted by Gasteiger charge is 2.54. The van der Waals surface area contributed by atoms with E-state index in [9.17, 15) is 9.59 Å². The monoisotopic (exact) mass is 455 g/mol. The van der Waals surface area contributed by atoms with Crippen molar-refractivity contribution >= 4 is 17.6 Å². The van der Waals surface area contributed by atoms with Gasteiger partial charge in [0.1, 0.15) is 17.7 Å². The molecular formula is C26H33NO6. The first kappa shape index (κ1) is 24.6. The number of esters is 2. The molecule has 1 aliphatic rings. The van der Waals surface area contributed by atoms with Crippen LogP contribution in [0.1, 0.15) is 51.8 Å². The van der Waals surface area contributed by atoms with Crippen LogP contribution in [0.4, 0.5) is 5.69 Å². The van der Waals surface area contributed by atoms with Gasteiger partial charge in [-0.15, -0.1) is 0 Å². The molecule has 0 radical (unpaired) electrons. The predicted octanol–water partition coefficient (Wildman–Crippen LogP) is 4.60. The number of rotatable bonds is 7. The Kier molecular flexibility index (Phi) is 7.64. The van der Waals surface area contributed by atoms with Crippen molar-refractivity contribution in [2.75, 3.05) is 25.4 Å². The third-order valence-electron chi connectivity index (χ3n) is 5.65. The normalized spacial score (nSPS) is 20.4. The van der Waals surface area contributed by atoms with Crippen LogP contribution in [0.2, 0.25) is 0 Å². The van der Waals surface area contributed by atoms with Crippen molar-refractivity contribution in [3.8, 4) is 5.75 Å². The minimum Gasteiger partial charge on any atom is -0.496 e. The molecule has 2 aromatic rings. The van der Waals surface area contributed by atoms with Crippen LogP contribution in [0.25, 0.3) is 0 Å². The van der Waals surface area contributed by atoms with Crippen molar-refractivity contribution in [1.82, 2.24) is 0 Å². The molecule has 1 aliphatic heterocycles. The van der Waals surface area contributed by atoms with Crippen molar-refractivity contribution in [1.29, 1.82) is 0 Å². The number of methoxy groups -OCH3 is 1. The lowest BCUT2D eigenvalue weighted by Crippen LogP contribution is -2.36. The standard InChI is InChI=1S/C26H33NO6/c1-7-31-24(28)21-22(19-16-17(26(3,4)5)14-15-20(19)30-6)27(18-12-10-9-11-13-18)33-23(21)25(29)32-8-2/h9-16,21-23H,7-8H2,1-6H3/t21-,22-,23+/m0/s1. The van der Waals surface area contributed by atoms with Gasteiger partial charge in [-0.25, -0.2) is 9.86 Å². The van der Waals surface area contributed by atoms with Gasteiger partial charge in [-0.05, 0) is 49.1 Å². The largest absolute Gasteiger partial charge is 0.496 e. The van der Waals surface area contributed by atoms with E-state index in [1.54, 1.807) is 26.0 Å². The molecular weight excluding hydrogens is 422 g/mol. The van der Waals surface area contributed by atoms with E-state index >= 15 is 0 Å². The van der Waals surface area contributed by atoms with Crippen LogP contribution >= 0.6 is 0 Å². The summed E-state index contributed by atoms with van der Waals surface area (Å²) in [4.78, 5) is 32.3. The molecule has 0 saturated carbocycles. The highest BCUT2D eigenvalue weighted by atomic mass is 16.7. The Morgan fingerprint density at radius 2 is 1.61 bits per heavy atom. The summed E-state index contributed by atoms with van der Waals surface area (Å²) in [5.41, 5.74) is 2.36. The summed E-state index contributed by atoms with van der Waals surface area (Å²) < 4.78 is 16.3. The average molecular weight is 456 g/mol. The maximum Gasteiger partial charge on any atom is 0.339 e. The number of hydroxylamine groups is 1. The van der Waals surface area contributed by atoms with Gasteiger partial charge in [0.05, 0.1) is 26.0 Å². The molecule has 7 nitrogen and oxygen atoms in total. The first-order chi connectivity index (χ1) is 15.7. The number of anilines is 1. The molecule has 3 atom stereocenters. The first-order valence-electron chi connectivity index (χ1n) is 11.3. The van der Waals surface area contributed by atoms with Crippen molar-refractivity contribution in [2.24, 2.45) is 5.92 Å². The Morgan fingerprint density at radius 3 is 2.18 bits per heavy atom. The number of para-hydroxylation sites is 1. The maximum atomic E-state index is 13.2. The number of carbonyl (C=O) groups excluding carboxylic acids is 2. The van der Waals surface area contributed by atoms with Gasteiger partial charge in [-0.3, -0.25) is 9.63 Å². The summed E-state index contributed by atoms with van der Waals surface area (Å²) in [5, 5.41) is 1.60. The quantitative estimate of drug-likeness (QED) is 0.565. The smallest absolute Gasteiger partial charge is 0.339 e. The van der Waals surface area contributed by atoms with Crippen LogP contribution < -0.4 is 9.80 Å². The van der Waals surface area contributed by atoms with Crippen molar-refractivity contribution < 1.29 is 28.6 Å². The average Bonchev–Trinajstić information content (AvgIpc) is 3.19. The minimum absolute atomic E-state index is 0.141. The molecule has 1 fully saturated rings. The zero-order valence-corrected chi connectivity index (χ0v) is 20.2. The van der Waals surface area contributed by atoms with Crippen LogP contribution in [-0.2, 0) is 29.3 Å². The topological polar surface area (TPSA) is 74.3 Å². The van der Waals surface area contributed by atoms with E-state index in [0.29, 0.717) is 11.4 Å². The van der Waals surface area contributed by atoms with Gasteiger partial charge in [-0.1, -0.05) is 45.0 Å². The summed E-state index contributed by atoms with van der Waals surface area (Å²) >= 11 is 0. The second kappa shape index (κ2) is 10.3. The summed E-state index contributed by atoms with van der Waals surface area (Å²) in [7, 11) is 1.58. The summed E-state index contributed by atoms with van der Waals surface area (Å²) in [5.74, 6) is -1.49. The molecule has 0 aromatic heterocycles. The summed E-state index contributed by atoms with van der Waals surface area (Å²) in [6.45, 7) is 10.1. The molecule has 0 bridgehead atoms. The molecule has 178 valence electrons. The van der Waals surface area contributed by atoms with E-state index in [1.807, 2.05) is 48.5 Å². The number of benzene rings is 2. The third kappa shape index (κ3) is 5.14. The van der Waals surface area contributed by atoms with Crippen molar-refractivity contribution in [3.05, 3.63) is 59.7 Å². The Labute approximate surface area is 195 Å². The summed E-state index contributed by atoms with van der Waals surface area (Å²) in [6.07, 6.45) is -1.16. The van der Waals surface area contributed by atoms with E-state index in [4.69, 9.17) is 19.0 Å². The highest BCUT2D eigenvalue weighted by Crippen LogP contribution is 2.47. The van der Waals surface area contributed by atoms with E-state index in [0.717, 1.165) is 11.1 Å². The molecule has 1 saturated heterocycles. The minimum atomic E-state index is -1.16. The zero-order chi connectivity index (χ0) is 24.2.